The number of aromatic nitrogens is 2. The predicted molar refractivity (Wildman–Crippen MR) is 50.2 cm³/mol. The Hall–Kier alpha value is -0.500. The van der Waals surface area contributed by atoms with Gasteiger partial charge in [-0.15, -0.1) is 0 Å². The fourth-order valence-electron chi connectivity index (χ4n) is 1.26. The summed E-state index contributed by atoms with van der Waals surface area (Å²) in [6, 6.07) is 0. The quantitative estimate of drug-likeness (QED) is 0.640. The van der Waals surface area contributed by atoms with E-state index in [2.05, 4.69) is 23.0 Å². The van der Waals surface area contributed by atoms with Gasteiger partial charge in [0.2, 0.25) is 0 Å². The number of nitrogens with zero attached hydrogens (tertiary/aromatic N) is 2. The second-order valence-electron chi connectivity index (χ2n) is 2.95. The third kappa shape index (κ3) is 2.01. The van der Waals surface area contributed by atoms with E-state index < -0.39 is 0 Å². The van der Waals surface area contributed by atoms with E-state index in [9.17, 15) is 0 Å². The van der Waals surface area contributed by atoms with E-state index in [1.165, 1.54) is 0 Å². The van der Waals surface area contributed by atoms with E-state index in [1.807, 2.05) is 12.4 Å². The lowest BCUT2D eigenvalue weighted by Crippen LogP contribution is -2.32. The summed E-state index contributed by atoms with van der Waals surface area (Å²) in [6.45, 7) is 6.33. The van der Waals surface area contributed by atoms with E-state index in [4.69, 9.17) is 11.6 Å². The van der Waals surface area contributed by atoms with Crippen molar-refractivity contribution in [2.45, 2.75) is 39.8 Å². The highest BCUT2D eigenvalue weighted by molar-refractivity contribution is 6.27. The van der Waals surface area contributed by atoms with Crippen LogP contribution in [0.1, 0.15) is 26.7 Å². The largest absolute Gasteiger partial charge is 0.354 e. The average molecular weight is 188 g/mol. The van der Waals surface area contributed by atoms with E-state index >= 15 is 0 Å². The molecule has 0 N–H and O–H groups in total. The Morgan fingerprint density at radius 2 is 2.17 bits per heavy atom. The molecule has 1 heterocycles. The summed E-state index contributed by atoms with van der Waals surface area (Å²) in [5, 5.41) is 0.846. The van der Waals surface area contributed by atoms with E-state index in [1.54, 1.807) is 0 Å². The van der Waals surface area contributed by atoms with Crippen molar-refractivity contribution in [1.29, 1.82) is 0 Å². The number of halogens is 1. The lowest BCUT2D eigenvalue weighted by atomic mass is 10.5. The number of imidazole rings is 1. The molecule has 3 heteroatoms. The van der Waals surface area contributed by atoms with Crippen molar-refractivity contribution in [1.82, 2.24) is 4.57 Å². The Balaban J connectivity index is 2.74. The van der Waals surface area contributed by atoms with Gasteiger partial charge in [-0.2, -0.15) is 0 Å². The molecule has 0 fully saturated rings. The van der Waals surface area contributed by atoms with E-state index in [-0.39, 0.29) is 0 Å². The van der Waals surface area contributed by atoms with Gasteiger partial charge in [-0.05, 0) is 12.8 Å². The molecular formula is C9H16ClN2+. The Morgan fingerprint density at radius 1 is 1.42 bits per heavy atom. The van der Waals surface area contributed by atoms with E-state index in [0.717, 1.165) is 31.2 Å². The second-order valence-corrected chi connectivity index (χ2v) is 3.29. The van der Waals surface area contributed by atoms with E-state index in [0.29, 0.717) is 0 Å². The third-order valence-electron chi connectivity index (χ3n) is 1.83. The molecule has 0 aliphatic carbocycles. The minimum Gasteiger partial charge on any atom is -0.220 e. The molecule has 0 aromatic carbocycles. The van der Waals surface area contributed by atoms with Gasteiger partial charge in [0.05, 0.1) is 13.1 Å². The molecule has 1 aromatic rings. The summed E-state index contributed by atoms with van der Waals surface area (Å²) in [5.41, 5.74) is 0. The van der Waals surface area contributed by atoms with Crippen molar-refractivity contribution >= 4 is 11.6 Å². The first-order valence-electron chi connectivity index (χ1n) is 4.53. The maximum Gasteiger partial charge on any atom is 0.354 e. The monoisotopic (exact) mass is 187 g/mol. The van der Waals surface area contributed by atoms with Crippen molar-refractivity contribution in [2.75, 3.05) is 0 Å². The maximum absolute atomic E-state index is 6.11. The lowest BCUT2D eigenvalue weighted by molar-refractivity contribution is -0.694. The van der Waals surface area contributed by atoms with Gasteiger partial charge >= 0.3 is 5.28 Å². The van der Waals surface area contributed by atoms with Crippen LogP contribution in [-0.4, -0.2) is 4.57 Å². The van der Waals surface area contributed by atoms with Crippen LogP contribution in [-0.2, 0) is 13.1 Å². The molecule has 0 amide bonds. The molecule has 2 nitrogen and oxygen atoms in total. The zero-order valence-electron chi connectivity index (χ0n) is 7.76. The van der Waals surface area contributed by atoms with Crippen LogP contribution in [0.15, 0.2) is 12.4 Å². The van der Waals surface area contributed by atoms with Gasteiger partial charge in [-0.25, -0.2) is 9.13 Å². The smallest absolute Gasteiger partial charge is 0.220 e. The van der Waals surface area contributed by atoms with Crippen LogP contribution < -0.4 is 4.57 Å². The predicted octanol–water partition coefficient (Wildman–Crippen LogP) is 2.25. The van der Waals surface area contributed by atoms with Gasteiger partial charge in [0, 0.05) is 11.6 Å². The Kier molecular flexibility index (Phi) is 3.60. The molecule has 0 bridgehead atoms. The fraction of sp³-hybridized carbons (Fsp3) is 0.667. The number of hydrogen-bond acceptors (Lipinski definition) is 0. The highest BCUT2D eigenvalue weighted by Gasteiger charge is 2.11. The molecule has 0 spiro atoms. The van der Waals surface area contributed by atoms with Crippen LogP contribution in [0.2, 0.25) is 5.28 Å². The van der Waals surface area contributed by atoms with Gasteiger partial charge in [0.25, 0.3) is 0 Å². The lowest BCUT2D eigenvalue weighted by Gasteiger charge is -1.95. The molecule has 1 rings (SSSR count). The molecule has 0 aliphatic heterocycles. The minimum atomic E-state index is 0.846. The fourth-order valence-corrected chi connectivity index (χ4v) is 1.55. The minimum absolute atomic E-state index is 0.846. The van der Waals surface area contributed by atoms with Gasteiger partial charge in [-0.1, -0.05) is 13.8 Å². The molecule has 0 radical (unpaired) electrons. The molecule has 12 heavy (non-hydrogen) atoms. The zero-order valence-corrected chi connectivity index (χ0v) is 8.51. The van der Waals surface area contributed by atoms with Crippen molar-refractivity contribution < 1.29 is 4.57 Å². The first-order valence-corrected chi connectivity index (χ1v) is 4.91. The molecule has 68 valence electrons. The molecule has 1 aromatic heterocycles. The highest BCUT2D eigenvalue weighted by Crippen LogP contribution is 2.04. The van der Waals surface area contributed by atoms with Gasteiger partial charge in [0.1, 0.15) is 12.4 Å². The van der Waals surface area contributed by atoms with Gasteiger partial charge in [0.15, 0.2) is 0 Å². The SMILES string of the molecule is CCCn1cc[n+](CCC)c1Cl. The molecule has 0 aliphatic rings. The molecule has 0 atom stereocenters. The van der Waals surface area contributed by atoms with Crippen molar-refractivity contribution in [3.63, 3.8) is 0 Å². The topological polar surface area (TPSA) is 8.81 Å². The first-order chi connectivity index (χ1) is 5.79. The van der Waals surface area contributed by atoms with Gasteiger partial charge in [-0.3, -0.25) is 0 Å². The summed E-state index contributed by atoms with van der Waals surface area (Å²) in [4.78, 5) is 0. The number of aryl methyl sites for hydroxylation is 2. The summed E-state index contributed by atoms with van der Waals surface area (Å²) in [5.74, 6) is 0. The first kappa shape index (κ1) is 9.59. The van der Waals surface area contributed by atoms with Crippen LogP contribution in [0.4, 0.5) is 0 Å². The summed E-state index contributed by atoms with van der Waals surface area (Å²) in [7, 11) is 0. The summed E-state index contributed by atoms with van der Waals surface area (Å²) >= 11 is 6.11. The van der Waals surface area contributed by atoms with Gasteiger partial charge < -0.3 is 0 Å². The average Bonchev–Trinajstić information content (AvgIpc) is 2.38. The summed E-state index contributed by atoms with van der Waals surface area (Å²) < 4.78 is 4.16. The Bertz CT molecular complexity index is 219. The Morgan fingerprint density at radius 3 is 2.75 bits per heavy atom. The van der Waals surface area contributed by atoms with Crippen LogP contribution in [0.5, 0.6) is 0 Å². The molecule has 0 saturated heterocycles. The van der Waals surface area contributed by atoms with Crippen molar-refractivity contribution in [3.05, 3.63) is 17.7 Å². The normalized spacial score (nSPS) is 10.6. The molecule has 0 unspecified atom stereocenters. The molecule has 0 saturated carbocycles. The highest BCUT2D eigenvalue weighted by atomic mass is 35.5. The summed E-state index contributed by atoms with van der Waals surface area (Å²) in [6.07, 6.45) is 6.34. The zero-order chi connectivity index (χ0) is 8.97. The standard InChI is InChI=1S/C9H16ClN2/c1-3-5-11-7-8-12(6-4-2)9(11)10/h7-8H,3-6H2,1-2H3/q+1. The Labute approximate surface area is 78.8 Å². The maximum atomic E-state index is 6.11. The van der Waals surface area contributed by atoms with Crippen molar-refractivity contribution in [2.24, 2.45) is 0 Å². The molecular weight excluding hydrogens is 172 g/mol. The number of hydrogen-bond donors (Lipinski definition) is 0. The van der Waals surface area contributed by atoms with Crippen LogP contribution in [0, 0.1) is 0 Å². The van der Waals surface area contributed by atoms with Crippen LogP contribution in [0.3, 0.4) is 0 Å². The second kappa shape index (κ2) is 4.51. The number of rotatable bonds is 4. The third-order valence-corrected chi connectivity index (χ3v) is 2.26. The van der Waals surface area contributed by atoms with Crippen molar-refractivity contribution in [3.8, 4) is 0 Å². The van der Waals surface area contributed by atoms with Crippen LogP contribution >= 0.6 is 11.6 Å². The van der Waals surface area contributed by atoms with Crippen LogP contribution in [0.25, 0.3) is 0 Å².